The Bertz CT molecular complexity index is 229. The summed E-state index contributed by atoms with van der Waals surface area (Å²) in [6.45, 7) is 2.13. The molecule has 0 aromatic heterocycles. The highest BCUT2D eigenvalue weighted by molar-refractivity contribution is 7.99. The first-order chi connectivity index (χ1) is 6.68. The Hall–Kier alpha value is -0.180. The molecular weight excluding hydrogens is 196 g/mol. The molecule has 2 saturated carbocycles. The second kappa shape index (κ2) is 3.76. The van der Waals surface area contributed by atoms with E-state index in [0.717, 1.165) is 42.6 Å². The van der Waals surface area contributed by atoms with Crippen molar-refractivity contribution >= 4 is 17.7 Å². The molecule has 2 aliphatic rings. The molecule has 0 heterocycles. The zero-order valence-corrected chi connectivity index (χ0v) is 9.48. The Morgan fingerprint density at radius 2 is 2.14 bits per heavy atom. The Kier molecular flexibility index (Phi) is 2.78. The predicted octanol–water partition coefficient (Wildman–Crippen LogP) is 2.63. The maximum absolute atomic E-state index is 11.3. The van der Waals surface area contributed by atoms with Crippen LogP contribution in [0, 0.1) is 17.3 Å². The molecule has 0 aromatic rings. The Morgan fingerprint density at radius 3 is 2.64 bits per heavy atom. The van der Waals surface area contributed by atoms with Crippen molar-refractivity contribution in [1.82, 2.24) is 0 Å². The number of thioether (sulfide) groups is 1. The largest absolute Gasteiger partial charge is 0.481 e. The molecule has 0 saturated heterocycles. The number of aliphatic carboxylic acids is 1. The highest BCUT2D eigenvalue weighted by Crippen LogP contribution is 2.61. The van der Waals surface area contributed by atoms with Crippen LogP contribution < -0.4 is 0 Å². The predicted molar refractivity (Wildman–Crippen MR) is 58.5 cm³/mol. The number of hydrogen-bond acceptors (Lipinski definition) is 2. The Labute approximate surface area is 89.5 Å². The number of carbonyl (C=O) groups is 1. The van der Waals surface area contributed by atoms with E-state index in [1.807, 2.05) is 11.8 Å². The summed E-state index contributed by atoms with van der Waals surface area (Å²) in [5.41, 5.74) is -0.338. The molecule has 2 atom stereocenters. The number of fused-ring (bicyclic) bond motifs is 1. The summed E-state index contributed by atoms with van der Waals surface area (Å²) in [6.07, 6.45) is 4.10. The smallest absolute Gasteiger partial charge is 0.309 e. The molecule has 2 aliphatic carbocycles. The van der Waals surface area contributed by atoms with Gasteiger partial charge in [-0.25, -0.2) is 0 Å². The lowest BCUT2D eigenvalue weighted by Crippen LogP contribution is -2.30. The Balaban J connectivity index is 1.90. The van der Waals surface area contributed by atoms with Crippen LogP contribution in [0.15, 0.2) is 0 Å². The van der Waals surface area contributed by atoms with Gasteiger partial charge in [-0.15, -0.1) is 0 Å². The van der Waals surface area contributed by atoms with Crippen molar-refractivity contribution in [2.45, 2.75) is 32.6 Å². The lowest BCUT2D eigenvalue weighted by molar-refractivity contribution is -0.149. The zero-order chi connectivity index (χ0) is 10.2. The third kappa shape index (κ3) is 1.79. The fourth-order valence-electron chi connectivity index (χ4n) is 2.79. The third-order valence-corrected chi connectivity index (χ3v) is 4.66. The molecule has 0 bridgehead atoms. The molecule has 0 amide bonds. The number of hydrogen-bond donors (Lipinski definition) is 1. The van der Waals surface area contributed by atoms with Gasteiger partial charge in [-0.2, -0.15) is 11.8 Å². The summed E-state index contributed by atoms with van der Waals surface area (Å²) in [6, 6.07) is 0. The van der Waals surface area contributed by atoms with Crippen LogP contribution in [0.5, 0.6) is 0 Å². The molecule has 2 unspecified atom stereocenters. The SMILES string of the molecule is CCSCCC1(C(=O)O)CC2CC2C1. The fourth-order valence-corrected chi connectivity index (χ4v) is 3.62. The number of carboxylic acid groups (broad SMARTS) is 1. The summed E-state index contributed by atoms with van der Waals surface area (Å²) in [5, 5.41) is 9.29. The monoisotopic (exact) mass is 214 g/mol. The minimum Gasteiger partial charge on any atom is -0.481 e. The number of carboxylic acids is 1. The van der Waals surface area contributed by atoms with Gasteiger partial charge in [0.05, 0.1) is 5.41 Å². The molecule has 0 spiro atoms. The van der Waals surface area contributed by atoms with Gasteiger partial charge in [-0.3, -0.25) is 4.79 Å². The third-order valence-electron chi connectivity index (χ3n) is 3.76. The van der Waals surface area contributed by atoms with E-state index in [2.05, 4.69) is 6.92 Å². The van der Waals surface area contributed by atoms with Crippen LogP contribution in [0.25, 0.3) is 0 Å². The van der Waals surface area contributed by atoms with E-state index in [4.69, 9.17) is 0 Å². The maximum atomic E-state index is 11.3. The van der Waals surface area contributed by atoms with Crippen molar-refractivity contribution in [2.24, 2.45) is 17.3 Å². The van der Waals surface area contributed by atoms with Crippen LogP contribution in [0.3, 0.4) is 0 Å². The van der Waals surface area contributed by atoms with Crippen LogP contribution >= 0.6 is 11.8 Å². The van der Waals surface area contributed by atoms with Crippen molar-refractivity contribution < 1.29 is 9.90 Å². The Morgan fingerprint density at radius 1 is 1.50 bits per heavy atom. The lowest BCUT2D eigenvalue weighted by Gasteiger charge is -2.25. The average molecular weight is 214 g/mol. The van der Waals surface area contributed by atoms with E-state index in [0.29, 0.717) is 0 Å². The van der Waals surface area contributed by atoms with E-state index in [-0.39, 0.29) is 5.41 Å². The second-order valence-corrected chi connectivity index (χ2v) is 6.09. The van der Waals surface area contributed by atoms with Crippen LogP contribution in [0.1, 0.15) is 32.6 Å². The highest BCUT2D eigenvalue weighted by Gasteiger charge is 2.56. The first-order valence-electron chi connectivity index (χ1n) is 5.49. The van der Waals surface area contributed by atoms with E-state index < -0.39 is 5.97 Å². The van der Waals surface area contributed by atoms with Gasteiger partial charge in [0.2, 0.25) is 0 Å². The quantitative estimate of drug-likeness (QED) is 0.715. The topological polar surface area (TPSA) is 37.3 Å². The van der Waals surface area contributed by atoms with Crippen molar-refractivity contribution in [2.75, 3.05) is 11.5 Å². The average Bonchev–Trinajstić information content (AvgIpc) is 2.75. The number of rotatable bonds is 5. The van der Waals surface area contributed by atoms with Crippen molar-refractivity contribution in [3.63, 3.8) is 0 Å². The summed E-state index contributed by atoms with van der Waals surface area (Å²) in [5.74, 6) is 3.10. The van der Waals surface area contributed by atoms with Gasteiger partial charge in [0.25, 0.3) is 0 Å². The van der Waals surface area contributed by atoms with Gasteiger partial charge in [0.15, 0.2) is 0 Å². The first-order valence-corrected chi connectivity index (χ1v) is 6.64. The summed E-state index contributed by atoms with van der Waals surface area (Å²) in [7, 11) is 0. The lowest BCUT2D eigenvalue weighted by atomic mass is 9.80. The van der Waals surface area contributed by atoms with Gasteiger partial charge in [-0.05, 0) is 49.0 Å². The molecular formula is C11H18O2S. The van der Waals surface area contributed by atoms with E-state index in [1.54, 1.807) is 0 Å². The summed E-state index contributed by atoms with van der Waals surface area (Å²) < 4.78 is 0. The minimum absolute atomic E-state index is 0.338. The first kappa shape index (κ1) is 10.3. The van der Waals surface area contributed by atoms with E-state index >= 15 is 0 Å². The van der Waals surface area contributed by atoms with Crippen molar-refractivity contribution in [3.05, 3.63) is 0 Å². The van der Waals surface area contributed by atoms with Gasteiger partial charge in [0.1, 0.15) is 0 Å². The molecule has 2 fully saturated rings. The van der Waals surface area contributed by atoms with Crippen molar-refractivity contribution in [3.8, 4) is 0 Å². The van der Waals surface area contributed by atoms with E-state index in [1.165, 1.54) is 6.42 Å². The normalized spacial score (nSPS) is 39.5. The zero-order valence-electron chi connectivity index (χ0n) is 8.66. The van der Waals surface area contributed by atoms with Gasteiger partial charge >= 0.3 is 5.97 Å². The summed E-state index contributed by atoms with van der Waals surface area (Å²) >= 11 is 1.86. The second-order valence-electron chi connectivity index (χ2n) is 4.70. The molecule has 1 N–H and O–H groups in total. The molecule has 0 aliphatic heterocycles. The van der Waals surface area contributed by atoms with Crippen LogP contribution in [-0.4, -0.2) is 22.6 Å². The molecule has 80 valence electrons. The maximum Gasteiger partial charge on any atom is 0.309 e. The van der Waals surface area contributed by atoms with Crippen LogP contribution in [0.4, 0.5) is 0 Å². The van der Waals surface area contributed by atoms with Gasteiger partial charge in [0, 0.05) is 0 Å². The van der Waals surface area contributed by atoms with E-state index in [9.17, 15) is 9.90 Å². The minimum atomic E-state index is -0.540. The molecule has 2 nitrogen and oxygen atoms in total. The summed E-state index contributed by atoms with van der Waals surface area (Å²) in [4.78, 5) is 11.3. The van der Waals surface area contributed by atoms with Crippen LogP contribution in [-0.2, 0) is 4.79 Å². The van der Waals surface area contributed by atoms with Gasteiger partial charge < -0.3 is 5.11 Å². The molecule has 0 radical (unpaired) electrons. The van der Waals surface area contributed by atoms with Crippen molar-refractivity contribution in [1.29, 1.82) is 0 Å². The fraction of sp³-hybridized carbons (Fsp3) is 0.909. The highest BCUT2D eigenvalue weighted by atomic mass is 32.2. The molecule has 2 rings (SSSR count). The molecule has 3 heteroatoms. The van der Waals surface area contributed by atoms with Gasteiger partial charge in [-0.1, -0.05) is 6.92 Å². The van der Waals surface area contributed by atoms with Crippen LogP contribution in [0.2, 0.25) is 0 Å². The molecule has 14 heavy (non-hydrogen) atoms. The standard InChI is InChI=1S/C11H18O2S/c1-2-14-4-3-11(10(12)13)6-8-5-9(8)7-11/h8-9H,2-7H2,1H3,(H,12,13). The molecule has 0 aromatic carbocycles.